The third-order valence-electron chi connectivity index (χ3n) is 2.95. The molecule has 0 saturated carbocycles. The van der Waals surface area contributed by atoms with Gasteiger partial charge in [0.1, 0.15) is 0 Å². The zero-order chi connectivity index (χ0) is 12.4. The number of aromatic carboxylic acids is 1. The molecular weight excluding hydrogens is 212 g/mol. The summed E-state index contributed by atoms with van der Waals surface area (Å²) < 4.78 is 0. The first-order valence-corrected chi connectivity index (χ1v) is 5.49. The van der Waals surface area contributed by atoms with Crippen molar-refractivity contribution < 1.29 is 9.90 Å². The SMILES string of the molecule is Cc1cc(C(=O)O)c(-c2ccccc2)cc1C. The summed E-state index contributed by atoms with van der Waals surface area (Å²) in [6.45, 7) is 3.92. The molecule has 0 amide bonds. The van der Waals surface area contributed by atoms with Gasteiger partial charge in [-0.25, -0.2) is 4.79 Å². The van der Waals surface area contributed by atoms with Crippen molar-refractivity contribution in [2.24, 2.45) is 0 Å². The van der Waals surface area contributed by atoms with Crippen molar-refractivity contribution in [2.75, 3.05) is 0 Å². The van der Waals surface area contributed by atoms with Crippen LogP contribution in [0.4, 0.5) is 0 Å². The van der Waals surface area contributed by atoms with E-state index in [4.69, 9.17) is 0 Å². The Kier molecular flexibility index (Phi) is 2.96. The molecule has 86 valence electrons. The number of carboxylic acids is 1. The predicted molar refractivity (Wildman–Crippen MR) is 68.3 cm³/mol. The van der Waals surface area contributed by atoms with Gasteiger partial charge in [0.05, 0.1) is 5.56 Å². The summed E-state index contributed by atoms with van der Waals surface area (Å²) in [5, 5.41) is 9.24. The van der Waals surface area contributed by atoms with Crippen molar-refractivity contribution in [3.63, 3.8) is 0 Å². The van der Waals surface area contributed by atoms with Crippen molar-refractivity contribution in [2.45, 2.75) is 13.8 Å². The van der Waals surface area contributed by atoms with E-state index in [1.807, 2.05) is 50.2 Å². The van der Waals surface area contributed by atoms with E-state index in [2.05, 4.69) is 0 Å². The Morgan fingerprint density at radius 3 is 2.18 bits per heavy atom. The van der Waals surface area contributed by atoms with Gasteiger partial charge in [0.2, 0.25) is 0 Å². The minimum Gasteiger partial charge on any atom is -0.478 e. The van der Waals surface area contributed by atoms with Gasteiger partial charge < -0.3 is 5.11 Å². The number of hydrogen-bond donors (Lipinski definition) is 1. The number of rotatable bonds is 2. The highest BCUT2D eigenvalue weighted by Gasteiger charge is 2.12. The third-order valence-corrected chi connectivity index (χ3v) is 2.95. The highest BCUT2D eigenvalue weighted by molar-refractivity contribution is 5.96. The van der Waals surface area contributed by atoms with E-state index in [0.29, 0.717) is 5.56 Å². The van der Waals surface area contributed by atoms with Crippen LogP contribution in [0.25, 0.3) is 11.1 Å². The standard InChI is InChI=1S/C15H14O2/c1-10-8-13(12-6-4-3-5-7-12)14(15(16)17)9-11(10)2/h3-9H,1-2H3,(H,16,17). The Labute approximate surface area is 101 Å². The van der Waals surface area contributed by atoms with Crippen molar-refractivity contribution in [1.82, 2.24) is 0 Å². The van der Waals surface area contributed by atoms with Crippen molar-refractivity contribution in [3.05, 3.63) is 59.2 Å². The normalized spacial score (nSPS) is 10.2. The zero-order valence-electron chi connectivity index (χ0n) is 9.90. The molecule has 0 saturated heterocycles. The molecule has 1 N–H and O–H groups in total. The molecule has 0 radical (unpaired) electrons. The molecule has 0 aliphatic rings. The van der Waals surface area contributed by atoms with Gasteiger partial charge in [-0.2, -0.15) is 0 Å². The largest absolute Gasteiger partial charge is 0.478 e. The second kappa shape index (κ2) is 4.42. The van der Waals surface area contributed by atoms with Gasteiger partial charge in [-0.1, -0.05) is 36.4 Å². The molecule has 0 heterocycles. The van der Waals surface area contributed by atoms with Crippen LogP contribution in [0.2, 0.25) is 0 Å². The maximum absolute atomic E-state index is 11.3. The van der Waals surface area contributed by atoms with Crippen LogP contribution in [-0.2, 0) is 0 Å². The fraction of sp³-hybridized carbons (Fsp3) is 0.133. The molecule has 2 heteroatoms. The van der Waals surface area contributed by atoms with Gasteiger partial charge in [-0.05, 0) is 42.2 Å². The number of hydrogen-bond acceptors (Lipinski definition) is 1. The van der Waals surface area contributed by atoms with E-state index < -0.39 is 5.97 Å². The number of carbonyl (C=O) groups is 1. The highest BCUT2D eigenvalue weighted by Crippen LogP contribution is 2.26. The summed E-state index contributed by atoms with van der Waals surface area (Å²) >= 11 is 0. The smallest absolute Gasteiger partial charge is 0.336 e. The summed E-state index contributed by atoms with van der Waals surface area (Å²) in [7, 11) is 0. The first kappa shape index (κ1) is 11.4. The Bertz CT molecular complexity index is 557. The predicted octanol–water partition coefficient (Wildman–Crippen LogP) is 3.67. The van der Waals surface area contributed by atoms with Crippen molar-refractivity contribution >= 4 is 5.97 Å². The molecule has 2 aromatic rings. The minimum absolute atomic E-state index is 0.360. The molecule has 17 heavy (non-hydrogen) atoms. The Balaban J connectivity index is 2.68. The third kappa shape index (κ3) is 2.21. The molecule has 0 atom stereocenters. The Hall–Kier alpha value is -2.09. The molecular formula is C15H14O2. The molecule has 0 bridgehead atoms. The Morgan fingerprint density at radius 1 is 1.00 bits per heavy atom. The second-order valence-electron chi connectivity index (χ2n) is 4.15. The van der Waals surface area contributed by atoms with Gasteiger partial charge in [0.15, 0.2) is 0 Å². The molecule has 2 nitrogen and oxygen atoms in total. The average molecular weight is 226 g/mol. The van der Waals surface area contributed by atoms with Crippen LogP contribution in [-0.4, -0.2) is 11.1 Å². The maximum atomic E-state index is 11.3. The lowest BCUT2D eigenvalue weighted by molar-refractivity contribution is 0.0697. The molecule has 0 unspecified atom stereocenters. The number of benzene rings is 2. The van der Waals surface area contributed by atoms with Gasteiger partial charge in [0.25, 0.3) is 0 Å². The summed E-state index contributed by atoms with van der Waals surface area (Å²) in [5.41, 5.74) is 4.18. The van der Waals surface area contributed by atoms with Gasteiger partial charge in [0, 0.05) is 0 Å². The van der Waals surface area contributed by atoms with Crippen LogP contribution in [0.3, 0.4) is 0 Å². The van der Waals surface area contributed by atoms with Crippen LogP contribution in [0.5, 0.6) is 0 Å². The molecule has 0 aliphatic carbocycles. The minimum atomic E-state index is -0.882. The van der Waals surface area contributed by atoms with Crippen LogP contribution in [0.15, 0.2) is 42.5 Å². The van der Waals surface area contributed by atoms with Gasteiger partial charge in [-0.3, -0.25) is 0 Å². The quantitative estimate of drug-likeness (QED) is 0.848. The summed E-state index contributed by atoms with van der Waals surface area (Å²) in [4.78, 5) is 11.3. The van der Waals surface area contributed by atoms with Crippen LogP contribution < -0.4 is 0 Å². The van der Waals surface area contributed by atoms with Crippen LogP contribution in [0, 0.1) is 13.8 Å². The lowest BCUT2D eigenvalue weighted by Gasteiger charge is -2.10. The van der Waals surface area contributed by atoms with Gasteiger partial charge >= 0.3 is 5.97 Å². The first-order valence-electron chi connectivity index (χ1n) is 5.49. The summed E-state index contributed by atoms with van der Waals surface area (Å²) in [6, 6.07) is 13.3. The topological polar surface area (TPSA) is 37.3 Å². The fourth-order valence-corrected chi connectivity index (χ4v) is 1.85. The van der Waals surface area contributed by atoms with Gasteiger partial charge in [-0.15, -0.1) is 0 Å². The monoisotopic (exact) mass is 226 g/mol. The van der Waals surface area contributed by atoms with E-state index in [9.17, 15) is 9.90 Å². The van der Waals surface area contributed by atoms with E-state index in [-0.39, 0.29) is 0 Å². The van der Waals surface area contributed by atoms with Crippen molar-refractivity contribution in [3.8, 4) is 11.1 Å². The Morgan fingerprint density at radius 2 is 1.59 bits per heavy atom. The molecule has 0 spiro atoms. The zero-order valence-corrected chi connectivity index (χ0v) is 9.90. The van der Waals surface area contributed by atoms with E-state index in [1.165, 1.54) is 0 Å². The fourth-order valence-electron chi connectivity index (χ4n) is 1.85. The van der Waals surface area contributed by atoms with Crippen LogP contribution in [0.1, 0.15) is 21.5 Å². The maximum Gasteiger partial charge on any atom is 0.336 e. The molecule has 0 aliphatic heterocycles. The van der Waals surface area contributed by atoms with E-state index in [1.54, 1.807) is 6.07 Å². The lowest BCUT2D eigenvalue weighted by Crippen LogP contribution is -2.01. The van der Waals surface area contributed by atoms with Crippen LogP contribution >= 0.6 is 0 Å². The first-order chi connectivity index (χ1) is 8.09. The number of carboxylic acid groups (broad SMARTS) is 1. The van der Waals surface area contributed by atoms with E-state index >= 15 is 0 Å². The second-order valence-corrected chi connectivity index (χ2v) is 4.15. The number of aryl methyl sites for hydroxylation is 2. The molecule has 0 aromatic heterocycles. The summed E-state index contributed by atoms with van der Waals surface area (Å²) in [6.07, 6.45) is 0. The summed E-state index contributed by atoms with van der Waals surface area (Å²) in [5.74, 6) is -0.882. The highest BCUT2D eigenvalue weighted by atomic mass is 16.4. The average Bonchev–Trinajstić information content (AvgIpc) is 2.33. The lowest BCUT2D eigenvalue weighted by atomic mass is 9.95. The van der Waals surface area contributed by atoms with E-state index in [0.717, 1.165) is 22.3 Å². The molecule has 2 rings (SSSR count). The molecule has 0 fully saturated rings. The van der Waals surface area contributed by atoms with Crippen molar-refractivity contribution in [1.29, 1.82) is 0 Å². The molecule has 2 aromatic carbocycles.